The Morgan fingerprint density at radius 1 is 1.00 bits per heavy atom. The van der Waals surface area contributed by atoms with Crippen molar-refractivity contribution < 1.29 is 33.2 Å². The first kappa shape index (κ1) is 26.2. The van der Waals surface area contributed by atoms with Crippen LogP contribution in [0.15, 0.2) is 0 Å². The standard InChI is InChI=1S/C20H38NO7P/c1-21-20(24)12-10-8-6-4-3-5-7-9-11-19(23)18-14-17(22)13-16(18)15-28-29(25,26)27-2/h16-18,22H,3-15H2,1-2H3,(H,21,24)(H,25,26)/t16-,17+,18?/m0/s1. The van der Waals surface area contributed by atoms with Crippen molar-refractivity contribution >= 4 is 19.5 Å². The molecule has 0 saturated heterocycles. The van der Waals surface area contributed by atoms with Gasteiger partial charge in [-0.15, -0.1) is 0 Å². The Bertz CT molecular complexity index is 543. The van der Waals surface area contributed by atoms with E-state index in [1.54, 1.807) is 7.05 Å². The maximum Gasteiger partial charge on any atom is 0.471 e. The lowest BCUT2D eigenvalue weighted by Crippen LogP contribution is -2.22. The molecular weight excluding hydrogens is 397 g/mol. The molecule has 1 aliphatic rings. The number of ketones is 1. The maximum absolute atomic E-state index is 12.5. The van der Waals surface area contributed by atoms with Gasteiger partial charge < -0.3 is 15.3 Å². The van der Waals surface area contributed by atoms with E-state index in [4.69, 9.17) is 4.52 Å². The Morgan fingerprint density at radius 3 is 2.10 bits per heavy atom. The third-order valence-electron chi connectivity index (χ3n) is 5.62. The molecule has 1 saturated carbocycles. The van der Waals surface area contributed by atoms with E-state index in [1.807, 2.05) is 0 Å². The third-order valence-corrected chi connectivity index (χ3v) is 6.56. The zero-order valence-electron chi connectivity index (χ0n) is 17.8. The van der Waals surface area contributed by atoms with Crippen LogP contribution in [0.3, 0.4) is 0 Å². The summed E-state index contributed by atoms with van der Waals surface area (Å²) in [6.45, 7) is -0.0605. The highest BCUT2D eigenvalue weighted by atomic mass is 31.2. The lowest BCUT2D eigenvalue weighted by atomic mass is 9.90. The number of hydrogen-bond donors (Lipinski definition) is 3. The van der Waals surface area contributed by atoms with Gasteiger partial charge in [0.1, 0.15) is 5.78 Å². The molecular formula is C20H38NO7P. The Kier molecular flexibility index (Phi) is 12.9. The largest absolute Gasteiger partial charge is 0.471 e. The number of carbonyl (C=O) groups excluding carboxylic acids is 2. The first-order valence-electron chi connectivity index (χ1n) is 10.7. The number of nitrogens with one attached hydrogen (secondary N) is 1. The first-order chi connectivity index (χ1) is 13.8. The van der Waals surface area contributed by atoms with Crippen molar-refractivity contribution in [3.05, 3.63) is 0 Å². The number of aliphatic hydroxyl groups excluding tert-OH is 1. The van der Waals surface area contributed by atoms with Gasteiger partial charge in [0.25, 0.3) is 0 Å². The molecule has 0 aromatic carbocycles. The molecule has 0 spiro atoms. The lowest BCUT2D eigenvalue weighted by molar-refractivity contribution is -0.124. The van der Waals surface area contributed by atoms with E-state index in [9.17, 15) is 24.2 Å². The van der Waals surface area contributed by atoms with E-state index in [2.05, 4.69) is 9.84 Å². The summed E-state index contributed by atoms with van der Waals surface area (Å²) in [4.78, 5) is 33.0. The van der Waals surface area contributed by atoms with Gasteiger partial charge >= 0.3 is 7.82 Å². The molecule has 9 heteroatoms. The van der Waals surface area contributed by atoms with Gasteiger partial charge in [-0.25, -0.2) is 4.57 Å². The number of phosphoric acid groups is 1. The predicted molar refractivity (Wildman–Crippen MR) is 110 cm³/mol. The van der Waals surface area contributed by atoms with Gasteiger partial charge in [-0.1, -0.05) is 38.5 Å². The fraction of sp³-hybridized carbons (Fsp3) is 0.900. The third kappa shape index (κ3) is 11.2. The molecule has 29 heavy (non-hydrogen) atoms. The molecule has 0 aliphatic heterocycles. The monoisotopic (exact) mass is 435 g/mol. The molecule has 0 aromatic rings. The Hall–Kier alpha value is -0.790. The summed E-state index contributed by atoms with van der Waals surface area (Å²) in [6.07, 6.45) is 9.63. The molecule has 1 fully saturated rings. The number of unbranched alkanes of at least 4 members (excludes halogenated alkanes) is 7. The highest BCUT2D eigenvalue weighted by Crippen LogP contribution is 2.44. The minimum absolute atomic E-state index is 0.0605. The molecule has 1 rings (SSSR count). The molecule has 4 atom stereocenters. The van der Waals surface area contributed by atoms with Gasteiger partial charge in [-0.3, -0.25) is 18.6 Å². The quantitative estimate of drug-likeness (QED) is 0.251. The second-order valence-electron chi connectivity index (χ2n) is 7.91. The van der Waals surface area contributed by atoms with Crippen LogP contribution in [0.4, 0.5) is 0 Å². The van der Waals surface area contributed by atoms with Gasteiger partial charge in [-0.05, 0) is 31.6 Å². The van der Waals surface area contributed by atoms with Gasteiger partial charge in [0.15, 0.2) is 0 Å². The van der Waals surface area contributed by atoms with Crippen LogP contribution in [-0.2, 0) is 23.2 Å². The van der Waals surface area contributed by atoms with Crippen LogP contribution in [0.2, 0.25) is 0 Å². The molecule has 0 radical (unpaired) electrons. The van der Waals surface area contributed by atoms with E-state index in [0.717, 1.165) is 58.5 Å². The molecule has 1 amide bonds. The SMILES string of the molecule is CNC(=O)CCCCCCCCCCC(=O)C1C[C@H](O)C[C@H]1COP(=O)(O)OC. The number of rotatable bonds is 16. The molecule has 0 heterocycles. The van der Waals surface area contributed by atoms with Crippen molar-refractivity contribution in [1.82, 2.24) is 5.32 Å². The summed E-state index contributed by atoms with van der Waals surface area (Å²) in [6, 6.07) is 0. The van der Waals surface area contributed by atoms with Gasteiger partial charge in [0.2, 0.25) is 5.91 Å². The van der Waals surface area contributed by atoms with Crippen LogP contribution >= 0.6 is 7.82 Å². The Labute approximate surface area is 174 Å². The summed E-state index contributed by atoms with van der Waals surface area (Å²) in [7, 11) is -1.31. The van der Waals surface area contributed by atoms with Crippen LogP contribution in [0.25, 0.3) is 0 Å². The zero-order chi connectivity index (χ0) is 21.7. The van der Waals surface area contributed by atoms with Crippen LogP contribution in [0.1, 0.15) is 77.0 Å². The minimum atomic E-state index is -4.07. The minimum Gasteiger partial charge on any atom is -0.393 e. The van der Waals surface area contributed by atoms with Gasteiger partial charge in [-0.2, -0.15) is 0 Å². The predicted octanol–water partition coefficient (Wildman–Crippen LogP) is 3.35. The fourth-order valence-corrected chi connectivity index (χ4v) is 4.36. The number of amides is 1. The average molecular weight is 435 g/mol. The van der Waals surface area contributed by atoms with Crippen molar-refractivity contribution in [3.8, 4) is 0 Å². The number of phosphoric ester groups is 1. The van der Waals surface area contributed by atoms with E-state index in [-0.39, 0.29) is 30.1 Å². The number of carbonyl (C=O) groups is 2. The van der Waals surface area contributed by atoms with Crippen LogP contribution < -0.4 is 5.32 Å². The number of hydrogen-bond acceptors (Lipinski definition) is 6. The molecule has 1 aliphatic carbocycles. The second kappa shape index (κ2) is 14.3. The van der Waals surface area contributed by atoms with Crippen molar-refractivity contribution in [3.63, 3.8) is 0 Å². The first-order valence-corrected chi connectivity index (χ1v) is 12.2. The van der Waals surface area contributed by atoms with E-state index < -0.39 is 13.9 Å². The van der Waals surface area contributed by atoms with Crippen molar-refractivity contribution in [1.29, 1.82) is 0 Å². The molecule has 3 N–H and O–H groups in total. The highest BCUT2D eigenvalue weighted by Gasteiger charge is 2.38. The van der Waals surface area contributed by atoms with Gasteiger partial charge in [0.05, 0.1) is 12.7 Å². The normalized spacial score (nSPS) is 23.7. The van der Waals surface area contributed by atoms with Crippen LogP contribution in [-0.4, -0.2) is 48.6 Å². The fourth-order valence-electron chi connectivity index (χ4n) is 3.87. The maximum atomic E-state index is 12.5. The van der Waals surface area contributed by atoms with E-state index in [1.165, 1.54) is 0 Å². The molecule has 8 nitrogen and oxygen atoms in total. The van der Waals surface area contributed by atoms with Crippen LogP contribution in [0.5, 0.6) is 0 Å². The topological polar surface area (TPSA) is 122 Å². The lowest BCUT2D eigenvalue weighted by Gasteiger charge is -2.19. The number of aliphatic hydroxyl groups is 1. The van der Waals surface area contributed by atoms with Gasteiger partial charge in [0, 0.05) is 32.9 Å². The smallest absolute Gasteiger partial charge is 0.393 e. The second-order valence-corrected chi connectivity index (χ2v) is 9.47. The van der Waals surface area contributed by atoms with E-state index in [0.29, 0.717) is 25.7 Å². The Morgan fingerprint density at radius 2 is 1.55 bits per heavy atom. The van der Waals surface area contributed by atoms with Crippen molar-refractivity contribution in [2.75, 3.05) is 20.8 Å². The highest BCUT2D eigenvalue weighted by molar-refractivity contribution is 7.47. The summed E-state index contributed by atoms with van der Waals surface area (Å²) in [5.74, 6) is -0.359. The Balaban J connectivity index is 2.13. The zero-order valence-corrected chi connectivity index (χ0v) is 18.7. The number of Topliss-reactive ketones (excluding diaryl/α,β-unsaturated/α-hetero) is 1. The molecule has 170 valence electrons. The molecule has 0 bridgehead atoms. The van der Waals surface area contributed by atoms with Crippen molar-refractivity contribution in [2.45, 2.75) is 83.2 Å². The summed E-state index contributed by atoms with van der Waals surface area (Å²) in [5.41, 5.74) is 0. The van der Waals surface area contributed by atoms with Crippen LogP contribution in [0, 0.1) is 11.8 Å². The van der Waals surface area contributed by atoms with Crippen molar-refractivity contribution in [2.24, 2.45) is 11.8 Å². The van der Waals surface area contributed by atoms with E-state index >= 15 is 0 Å². The summed E-state index contributed by atoms with van der Waals surface area (Å²) in [5, 5.41) is 12.5. The average Bonchev–Trinajstić information content (AvgIpc) is 3.08. The summed E-state index contributed by atoms with van der Waals surface area (Å²) < 4.78 is 20.7. The molecule has 0 aromatic heterocycles. The molecule has 2 unspecified atom stereocenters. The summed E-state index contributed by atoms with van der Waals surface area (Å²) >= 11 is 0.